The minimum atomic E-state index is -4.84. The van der Waals surface area contributed by atoms with E-state index in [9.17, 15) is 13.2 Å². The Balaban J connectivity index is 3.20. The zero-order valence-electron chi connectivity index (χ0n) is 7.80. The van der Waals surface area contributed by atoms with Crippen LogP contribution in [0.5, 0.6) is 11.6 Å². The maximum absolute atomic E-state index is 12.0. The van der Waals surface area contributed by atoms with Crippen molar-refractivity contribution in [3.8, 4) is 17.7 Å². The van der Waals surface area contributed by atoms with Crippen molar-refractivity contribution in [2.24, 2.45) is 0 Å². The third-order valence-corrected chi connectivity index (χ3v) is 2.04. The molecular formula is C8H4BrF3N2O2. The molecule has 0 aromatic carbocycles. The zero-order valence-corrected chi connectivity index (χ0v) is 9.39. The average molecular weight is 297 g/mol. The highest BCUT2D eigenvalue weighted by atomic mass is 79.9. The van der Waals surface area contributed by atoms with Crippen molar-refractivity contribution in [1.82, 2.24) is 4.98 Å². The van der Waals surface area contributed by atoms with Crippen molar-refractivity contribution in [1.29, 1.82) is 5.26 Å². The molecule has 0 N–H and O–H groups in total. The van der Waals surface area contributed by atoms with Crippen LogP contribution in [0, 0.1) is 11.3 Å². The van der Waals surface area contributed by atoms with Crippen LogP contribution in [-0.4, -0.2) is 18.5 Å². The first-order valence-corrected chi connectivity index (χ1v) is 4.57. The fraction of sp³-hybridized carbons (Fsp3) is 0.250. The Morgan fingerprint density at radius 1 is 1.50 bits per heavy atom. The number of hydrogen-bond donors (Lipinski definition) is 0. The Bertz CT molecular complexity index is 442. The molecule has 0 saturated carbocycles. The SMILES string of the molecule is COc1nc(C#N)c(Br)cc1OC(F)(F)F. The Labute approximate surface area is 96.7 Å². The largest absolute Gasteiger partial charge is 0.573 e. The Morgan fingerprint density at radius 2 is 2.12 bits per heavy atom. The fourth-order valence-electron chi connectivity index (χ4n) is 0.878. The number of methoxy groups -OCH3 is 1. The monoisotopic (exact) mass is 296 g/mol. The van der Waals surface area contributed by atoms with Gasteiger partial charge in [-0.1, -0.05) is 0 Å². The molecule has 0 spiro atoms. The molecule has 0 unspecified atom stereocenters. The van der Waals surface area contributed by atoms with E-state index in [1.165, 1.54) is 0 Å². The van der Waals surface area contributed by atoms with Gasteiger partial charge in [-0.15, -0.1) is 13.2 Å². The molecule has 1 heterocycles. The molecule has 1 aromatic rings. The maximum Gasteiger partial charge on any atom is 0.573 e. The van der Waals surface area contributed by atoms with Crippen molar-refractivity contribution >= 4 is 15.9 Å². The summed E-state index contributed by atoms with van der Waals surface area (Å²) < 4.78 is 44.3. The molecule has 0 saturated heterocycles. The second kappa shape index (κ2) is 4.57. The molecule has 86 valence electrons. The van der Waals surface area contributed by atoms with Crippen LogP contribution in [0.25, 0.3) is 0 Å². The highest BCUT2D eigenvalue weighted by Crippen LogP contribution is 2.33. The van der Waals surface area contributed by atoms with Gasteiger partial charge in [-0.05, 0) is 15.9 Å². The van der Waals surface area contributed by atoms with E-state index in [-0.39, 0.29) is 10.2 Å². The van der Waals surface area contributed by atoms with Gasteiger partial charge in [0, 0.05) is 6.07 Å². The van der Waals surface area contributed by atoms with Crippen molar-refractivity contribution in [3.05, 3.63) is 16.2 Å². The topological polar surface area (TPSA) is 55.1 Å². The summed E-state index contributed by atoms with van der Waals surface area (Å²) in [4.78, 5) is 3.54. The summed E-state index contributed by atoms with van der Waals surface area (Å²) >= 11 is 2.89. The summed E-state index contributed by atoms with van der Waals surface area (Å²) in [6.07, 6.45) is -4.84. The van der Waals surface area contributed by atoms with Gasteiger partial charge in [0.1, 0.15) is 6.07 Å². The molecule has 0 radical (unpaired) electrons. The molecule has 0 bridgehead atoms. The molecule has 8 heteroatoms. The molecule has 0 fully saturated rings. The maximum atomic E-state index is 12.0. The number of hydrogen-bond acceptors (Lipinski definition) is 4. The number of alkyl halides is 3. The highest BCUT2D eigenvalue weighted by molar-refractivity contribution is 9.10. The van der Waals surface area contributed by atoms with Crippen LogP contribution in [0.1, 0.15) is 5.69 Å². The van der Waals surface area contributed by atoms with E-state index < -0.39 is 18.0 Å². The Morgan fingerprint density at radius 3 is 2.56 bits per heavy atom. The normalized spacial score (nSPS) is 10.8. The summed E-state index contributed by atoms with van der Waals surface area (Å²) in [6.45, 7) is 0. The van der Waals surface area contributed by atoms with E-state index in [4.69, 9.17) is 5.26 Å². The van der Waals surface area contributed by atoms with E-state index in [2.05, 4.69) is 30.4 Å². The van der Waals surface area contributed by atoms with Crippen LogP contribution in [0.15, 0.2) is 10.5 Å². The minimum absolute atomic E-state index is 0.0913. The third-order valence-electron chi connectivity index (χ3n) is 1.43. The van der Waals surface area contributed by atoms with Gasteiger partial charge < -0.3 is 9.47 Å². The first kappa shape index (κ1) is 12.6. The quantitative estimate of drug-likeness (QED) is 0.842. The van der Waals surface area contributed by atoms with Gasteiger partial charge in [0.05, 0.1) is 11.6 Å². The van der Waals surface area contributed by atoms with Gasteiger partial charge in [-0.25, -0.2) is 0 Å². The second-order valence-electron chi connectivity index (χ2n) is 2.49. The van der Waals surface area contributed by atoms with E-state index in [1.807, 2.05) is 0 Å². The van der Waals surface area contributed by atoms with Crippen molar-refractivity contribution < 1.29 is 22.6 Å². The summed E-state index contributed by atoms with van der Waals surface area (Å²) in [5.41, 5.74) is -0.0913. The average Bonchev–Trinajstić information content (AvgIpc) is 2.16. The number of rotatable bonds is 2. The lowest BCUT2D eigenvalue weighted by Crippen LogP contribution is -2.18. The van der Waals surface area contributed by atoms with Crippen LogP contribution < -0.4 is 9.47 Å². The summed E-state index contributed by atoms with van der Waals surface area (Å²) in [5, 5.41) is 8.60. The predicted molar refractivity (Wildman–Crippen MR) is 49.9 cm³/mol. The molecule has 0 aliphatic heterocycles. The molecule has 0 atom stereocenters. The number of halogens is 4. The summed E-state index contributed by atoms with van der Waals surface area (Å²) in [5.74, 6) is -1.02. The molecule has 0 aliphatic carbocycles. The predicted octanol–water partition coefficient (Wildman–Crippen LogP) is 2.62. The van der Waals surface area contributed by atoms with Gasteiger partial charge in [-0.2, -0.15) is 10.2 Å². The number of pyridine rings is 1. The van der Waals surface area contributed by atoms with E-state index >= 15 is 0 Å². The van der Waals surface area contributed by atoms with Crippen LogP contribution in [0.3, 0.4) is 0 Å². The fourth-order valence-corrected chi connectivity index (χ4v) is 1.26. The van der Waals surface area contributed by atoms with Gasteiger partial charge in [0.2, 0.25) is 0 Å². The van der Waals surface area contributed by atoms with E-state index in [1.54, 1.807) is 6.07 Å². The molecular weight excluding hydrogens is 293 g/mol. The standard InChI is InChI=1S/C8H4BrF3N2O2/c1-15-7-6(16-8(10,11)12)2-4(9)5(3-13)14-7/h2H,1H3. The number of ether oxygens (including phenoxy) is 2. The first-order chi connectivity index (χ1) is 7.37. The van der Waals surface area contributed by atoms with Gasteiger partial charge >= 0.3 is 6.36 Å². The molecule has 16 heavy (non-hydrogen) atoms. The van der Waals surface area contributed by atoms with Gasteiger partial charge in [0.25, 0.3) is 5.88 Å². The van der Waals surface area contributed by atoms with Crippen molar-refractivity contribution in [3.63, 3.8) is 0 Å². The lowest BCUT2D eigenvalue weighted by atomic mass is 10.3. The lowest BCUT2D eigenvalue weighted by molar-refractivity contribution is -0.275. The van der Waals surface area contributed by atoms with Crippen LogP contribution in [-0.2, 0) is 0 Å². The number of aromatic nitrogens is 1. The Hall–Kier alpha value is -1.49. The third kappa shape index (κ3) is 3.00. The zero-order chi connectivity index (χ0) is 12.3. The van der Waals surface area contributed by atoms with Crippen LogP contribution in [0.2, 0.25) is 0 Å². The first-order valence-electron chi connectivity index (χ1n) is 3.77. The summed E-state index contributed by atoms with van der Waals surface area (Å²) in [6, 6.07) is 2.66. The van der Waals surface area contributed by atoms with E-state index in [0.717, 1.165) is 13.2 Å². The summed E-state index contributed by atoms with van der Waals surface area (Å²) in [7, 11) is 1.13. The molecule has 0 amide bonds. The van der Waals surface area contributed by atoms with Crippen molar-refractivity contribution in [2.75, 3.05) is 7.11 Å². The van der Waals surface area contributed by atoms with Crippen LogP contribution >= 0.6 is 15.9 Å². The minimum Gasteiger partial charge on any atom is -0.478 e. The lowest BCUT2D eigenvalue weighted by Gasteiger charge is -2.12. The molecule has 1 rings (SSSR count). The van der Waals surface area contributed by atoms with Crippen molar-refractivity contribution in [2.45, 2.75) is 6.36 Å². The molecule has 0 aliphatic rings. The number of nitrogens with zero attached hydrogens (tertiary/aromatic N) is 2. The van der Waals surface area contributed by atoms with Gasteiger partial charge in [-0.3, -0.25) is 0 Å². The Kier molecular flexibility index (Phi) is 3.59. The number of nitriles is 1. The van der Waals surface area contributed by atoms with E-state index in [0.29, 0.717) is 0 Å². The van der Waals surface area contributed by atoms with Gasteiger partial charge in [0.15, 0.2) is 11.4 Å². The highest BCUT2D eigenvalue weighted by Gasteiger charge is 2.33. The molecule has 1 aromatic heterocycles. The second-order valence-corrected chi connectivity index (χ2v) is 3.34. The molecule has 4 nitrogen and oxygen atoms in total. The smallest absolute Gasteiger partial charge is 0.478 e. The van der Waals surface area contributed by atoms with Crippen LogP contribution in [0.4, 0.5) is 13.2 Å².